The van der Waals surface area contributed by atoms with Crippen LogP contribution in [0.15, 0.2) is 18.2 Å². The fourth-order valence-electron chi connectivity index (χ4n) is 3.83. The van der Waals surface area contributed by atoms with E-state index in [2.05, 4.69) is 16.0 Å². The summed E-state index contributed by atoms with van der Waals surface area (Å²) >= 11 is 0. The van der Waals surface area contributed by atoms with Gasteiger partial charge in [-0.15, -0.1) is 0 Å². The van der Waals surface area contributed by atoms with E-state index in [4.69, 9.17) is 0 Å². The second-order valence-electron chi connectivity index (χ2n) is 7.42. The van der Waals surface area contributed by atoms with Gasteiger partial charge in [0.05, 0.1) is 11.1 Å². The van der Waals surface area contributed by atoms with E-state index in [1.807, 2.05) is 13.1 Å². The quantitative estimate of drug-likeness (QED) is 0.605. The summed E-state index contributed by atoms with van der Waals surface area (Å²) in [4.78, 5) is 50.3. The normalized spacial score (nSPS) is 23.4. The molecule has 2 fully saturated rings. The van der Waals surface area contributed by atoms with E-state index in [1.54, 1.807) is 12.1 Å². The first-order chi connectivity index (χ1) is 13.0. The van der Waals surface area contributed by atoms with Crippen molar-refractivity contribution in [3.63, 3.8) is 0 Å². The smallest absolute Gasteiger partial charge is 0.262 e. The minimum Gasteiger partial charge on any atom is -0.313 e. The van der Waals surface area contributed by atoms with Gasteiger partial charge in [0, 0.05) is 25.0 Å². The maximum Gasteiger partial charge on any atom is 0.262 e. The van der Waals surface area contributed by atoms with E-state index in [1.165, 1.54) is 0 Å². The van der Waals surface area contributed by atoms with Gasteiger partial charge in [0.15, 0.2) is 0 Å². The van der Waals surface area contributed by atoms with Gasteiger partial charge in [-0.05, 0) is 37.9 Å². The number of carbonyl (C=O) groups excluding carboxylic acids is 4. The van der Waals surface area contributed by atoms with Gasteiger partial charge >= 0.3 is 0 Å². The Bertz CT molecular complexity index is 846. The minimum absolute atomic E-state index is 0.115. The van der Waals surface area contributed by atoms with E-state index in [0.717, 1.165) is 29.8 Å². The van der Waals surface area contributed by atoms with Gasteiger partial charge < -0.3 is 10.6 Å². The van der Waals surface area contributed by atoms with Gasteiger partial charge in [-0.2, -0.15) is 0 Å². The lowest BCUT2D eigenvalue weighted by atomic mass is 10.0. The molecule has 1 saturated heterocycles. The molecule has 4 amide bonds. The molecular formula is C19H22N4O4. The molecule has 1 aromatic rings. The molecule has 1 aliphatic carbocycles. The van der Waals surface area contributed by atoms with Crippen LogP contribution in [-0.2, 0) is 16.1 Å². The number of benzene rings is 1. The minimum atomic E-state index is -0.935. The SMILES string of the molecule is CNC1(CNCc2cccc3c2C(=O)N(C2CCC(=O)NC2=O)C3=O)CC1. The van der Waals surface area contributed by atoms with Crippen LogP contribution < -0.4 is 16.0 Å². The first-order valence-corrected chi connectivity index (χ1v) is 9.19. The maximum absolute atomic E-state index is 13.0. The molecule has 3 N–H and O–H groups in total. The Hall–Kier alpha value is -2.58. The Kier molecular flexibility index (Phi) is 4.32. The van der Waals surface area contributed by atoms with Crippen molar-refractivity contribution in [3.05, 3.63) is 34.9 Å². The summed E-state index contributed by atoms with van der Waals surface area (Å²) < 4.78 is 0. The molecule has 1 saturated carbocycles. The Morgan fingerprint density at radius 3 is 2.63 bits per heavy atom. The molecule has 0 bridgehead atoms. The molecule has 8 nitrogen and oxygen atoms in total. The predicted octanol–water partition coefficient (Wildman–Crippen LogP) is -0.0706. The molecule has 3 aliphatic rings. The van der Waals surface area contributed by atoms with Crippen LogP contribution in [0.4, 0.5) is 0 Å². The average molecular weight is 370 g/mol. The van der Waals surface area contributed by atoms with Crippen molar-refractivity contribution in [2.45, 2.75) is 43.8 Å². The van der Waals surface area contributed by atoms with Crippen LogP contribution in [0.2, 0.25) is 0 Å². The number of amides is 4. The van der Waals surface area contributed by atoms with Crippen molar-refractivity contribution in [2.75, 3.05) is 13.6 Å². The number of carbonyl (C=O) groups is 4. The van der Waals surface area contributed by atoms with Crippen LogP contribution >= 0.6 is 0 Å². The monoisotopic (exact) mass is 370 g/mol. The fraction of sp³-hybridized carbons (Fsp3) is 0.474. The third-order valence-corrected chi connectivity index (χ3v) is 5.72. The lowest BCUT2D eigenvalue weighted by molar-refractivity contribution is -0.136. The van der Waals surface area contributed by atoms with Crippen LogP contribution in [0.3, 0.4) is 0 Å². The highest BCUT2D eigenvalue weighted by Crippen LogP contribution is 2.34. The molecule has 8 heteroatoms. The van der Waals surface area contributed by atoms with E-state index < -0.39 is 23.8 Å². The predicted molar refractivity (Wildman–Crippen MR) is 95.8 cm³/mol. The number of imide groups is 2. The van der Waals surface area contributed by atoms with Crippen LogP contribution in [-0.4, -0.2) is 53.7 Å². The zero-order valence-electron chi connectivity index (χ0n) is 15.1. The van der Waals surface area contributed by atoms with Crippen LogP contribution in [0, 0.1) is 0 Å². The molecule has 0 spiro atoms. The summed E-state index contributed by atoms with van der Waals surface area (Å²) in [6.07, 6.45) is 2.51. The van der Waals surface area contributed by atoms with Gasteiger partial charge in [-0.25, -0.2) is 0 Å². The zero-order valence-corrected chi connectivity index (χ0v) is 15.1. The molecule has 142 valence electrons. The summed E-state index contributed by atoms with van der Waals surface area (Å²) in [7, 11) is 1.94. The van der Waals surface area contributed by atoms with Crippen molar-refractivity contribution < 1.29 is 19.2 Å². The molecule has 27 heavy (non-hydrogen) atoms. The van der Waals surface area contributed by atoms with Crippen molar-refractivity contribution in [2.24, 2.45) is 0 Å². The van der Waals surface area contributed by atoms with E-state index >= 15 is 0 Å². The maximum atomic E-state index is 13.0. The number of nitrogens with one attached hydrogen (secondary N) is 3. The Morgan fingerprint density at radius 2 is 1.96 bits per heavy atom. The Morgan fingerprint density at radius 1 is 1.19 bits per heavy atom. The number of piperidine rings is 1. The third-order valence-electron chi connectivity index (χ3n) is 5.72. The topological polar surface area (TPSA) is 108 Å². The molecule has 1 unspecified atom stereocenters. The molecule has 0 radical (unpaired) electrons. The van der Waals surface area contributed by atoms with Crippen LogP contribution in [0.5, 0.6) is 0 Å². The van der Waals surface area contributed by atoms with Crippen molar-refractivity contribution in [1.82, 2.24) is 20.9 Å². The van der Waals surface area contributed by atoms with Gasteiger partial charge in [0.1, 0.15) is 6.04 Å². The summed E-state index contributed by atoms with van der Waals surface area (Å²) in [5.41, 5.74) is 1.55. The number of hydrogen-bond acceptors (Lipinski definition) is 6. The van der Waals surface area contributed by atoms with E-state index in [0.29, 0.717) is 17.7 Å². The number of rotatable bonds is 6. The number of hydrogen-bond donors (Lipinski definition) is 3. The van der Waals surface area contributed by atoms with Crippen LogP contribution in [0.25, 0.3) is 0 Å². The van der Waals surface area contributed by atoms with E-state index in [-0.39, 0.29) is 24.3 Å². The highest BCUT2D eigenvalue weighted by atomic mass is 16.2. The fourth-order valence-corrected chi connectivity index (χ4v) is 3.83. The van der Waals surface area contributed by atoms with Crippen LogP contribution in [0.1, 0.15) is 52.0 Å². The average Bonchev–Trinajstić information content (AvgIpc) is 3.38. The largest absolute Gasteiger partial charge is 0.313 e. The van der Waals surface area contributed by atoms with E-state index in [9.17, 15) is 19.2 Å². The Balaban J connectivity index is 1.54. The van der Waals surface area contributed by atoms with Crippen molar-refractivity contribution in [1.29, 1.82) is 0 Å². The second kappa shape index (κ2) is 6.54. The number of nitrogens with zero attached hydrogens (tertiary/aromatic N) is 1. The molecular weight excluding hydrogens is 348 g/mol. The molecule has 2 heterocycles. The number of fused-ring (bicyclic) bond motifs is 1. The molecule has 1 atom stereocenters. The molecule has 2 aliphatic heterocycles. The first-order valence-electron chi connectivity index (χ1n) is 9.19. The summed E-state index contributed by atoms with van der Waals surface area (Å²) in [6, 6.07) is 4.25. The van der Waals surface area contributed by atoms with Crippen molar-refractivity contribution in [3.8, 4) is 0 Å². The van der Waals surface area contributed by atoms with Crippen molar-refractivity contribution >= 4 is 23.6 Å². The summed E-state index contributed by atoms with van der Waals surface area (Å²) in [6.45, 7) is 1.25. The van der Waals surface area contributed by atoms with Gasteiger partial charge in [-0.1, -0.05) is 12.1 Å². The van der Waals surface area contributed by atoms with Gasteiger partial charge in [-0.3, -0.25) is 29.4 Å². The van der Waals surface area contributed by atoms with Gasteiger partial charge in [0.25, 0.3) is 11.8 Å². The third kappa shape index (κ3) is 3.04. The number of likely N-dealkylation sites (N-methyl/N-ethyl adjacent to an activating group) is 1. The first kappa shape index (κ1) is 17.8. The second-order valence-corrected chi connectivity index (χ2v) is 7.42. The highest BCUT2D eigenvalue weighted by molar-refractivity contribution is 6.24. The summed E-state index contributed by atoms with van der Waals surface area (Å²) in [5, 5.41) is 8.87. The molecule has 1 aromatic carbocycles. The Labute approximate surface area is 156 Å². The molecule has 0 aromatic heterocycles. The molecule has 4 rings (SSSR count). The lowest BCUT2D eigenvalue weighted by Crippen LogP contribution is -2.54. The lowest BCUT2D eigenvalue weighted by Gasteiger charge is -2.27. The summed E-state index contributed by atoms with van der Waals surface area (Å²) in [5.74, 6) is -1.90. The standard InChI is InChI=1S/C19H22N4O4/c1-20-19(7-8-19)10-21-9-11-3-2-4-12-15(11)18(27)23(17(12)26)13-5-6-14(24)22-16(13)25/h2-4,13,20-21H,5-10H2,1H3,(H,22,24,25). The zero-order chi connectivity index (χ0) is 19.2. The highest BCUT2D eigenvalue weighted by Gasteiger charge is 2.45. The van der Waals surface area contributed by atoms with Gasteiger partial charge in [0.2, 0.25) is 11.8 Å².